The summed E-state index contributed by atoms with van der Waals surface area (Å²) in [4.78, 5) is 0. The Hall–Kier alpha value is -0.870. The minimum absolute atomic E-state index is 0.214. The highest BCUT2D eigenvalue weighted by molar-refractivity contribution is 5.18. The number of hydrogen-bond acceptors (Lipinski definition) is 3. The van der Waals surface area contributed by atoms with Crippen LogP contribution >= 0.6 is 0 Å². The maximum Gasteiger partial charge on any atom is 0.0537 e. The molecule has 1 heterocycles. The van der Waals surface area contributed by atoms with E-state index in [0.29, 0.717) is 6.04 Å². The minimum atomic E-state index is 0.214. The van der Waals surface area contributed by atoms with Crippen LogP contribution in [0.1, 0.15) is 38.1 Å². The number of hydrogen-bond donors (Lipinski definition) is 3. The van der Waals surface area contributed by atoms with Gasteiger partial charge in [-0.3, -0.25) is 5.10 Å². The lowest BCUT2D eigenvalue weighted by Crippen LogP contribution is -2.35. The van der Waals surface area contributed by atoms with Crippen molar-refractivity contribution >= 4 is 0 Å². The summed E-state index contributed by atoms with van der Waals surface area (Å²) >= 11 is 0. The van der Waals surface area contributed by atoms with Crippen molar-refractivity contribution < 1.29 is 5.11 Å². The van der Waals surface area contributed by atoms with Crippen LogP contribution < -0.4 is 5.32 Å². The minimum Gasteiger partial charge on any atom is -0.396 e. The van der Waals surface area contributed by atoms with E-state index in [9.17, 15) is 0 Å². The quantitative estimate of drug-likeness (QED) is 0.689. The number of aliphatic hydroxyl groups excluding tert-OH is 1. The molecular formula is C11H21N3O. The molecule has 0 fully saturated rings. The Kier molecular flexibility index (Phi) is 4.29. The number of nitrogens with one attached hydrogen (secondary N) is 2. The normalized spacial score (nSPS) is 17.4. The van der Waals surface area contributed by atoms with Gasteiger partial charge in [0.15, 0.2) is 0 Å². The maximum atomic E-state index is 9.04. The highest BCUT2D eigenvalue weighted by Gasteiger charge is 2.16. The molecule has 1 aromatic heterocycles. The summed E-state index contributed by atoms with van der Waals surface area (Å²) in [5.41, 5.74) is 2.28. The molecule has 0 amide bonds. The van der Waals surface area contributed by atoms with Crippen LogP contribution in [0, 0.1) is 12.8 Å². The van der Waals surface area contributed by atoms with Gasteiger partial charge in [0.05, 0.1) is 6.20 Å². The molecule has 0 bridgehead atoms. The van der Waals surface area contributed by atoms with E-state index in [0.717, 1.165) is 5.69 Å². The van der Waals surface area contributed by atoms with E-state index < -0.39 is 0 Å². The molecule has 0 radical (unpaired) electrons. The van der Waals surface area contributed by atoms with Gasteiger partial charge < -0.3 is 10.4 Å². The van der Waals surface area contributed by atoms with Gasteiger partial charge in [-0.1, -0.05) is 6.92 Å². The van der Waals surface area contributed by atoms with Gasteiger partial charge in [0, 0.05) is 29.9 Å². The highest BCUT2D eigenvalue weighted by atomic mass is 16.3. The molecule has 1 aromatic rings. The van der Waals surface area contributed by atoms with Crippen molar-refractivity contribution in [2.75, 3.05) is 6.61 Å². The van der Waals surface area contributed by atoms with Crippen LogP contribution in [0.25, 0.3) is 0 Å². The number of aliphatic hydroxyl groups is 1. The summed E-state index contributed by atoms with van der Waals surface area (Å²) < 4.78 is 0. The van der Waals surface area contributed by atoms with E-state index in [4.69, 9.17) is 5.11 Å². The van der Waals surface area contributed by atoms with Crippen molar-refractivity contribution in [3.8, 4) is 0 Å². The molecular weight excluding hydrogens is 190 g/mol. The van der Waals surface area contributed by atoms with E-state index >= 15 is 0 Å². The Morgan fingerprint density at radius 2 is 2.13 bits per heavy atom. The Morgan fingerprint density at radius 1 is 1.47 bits per heavy atom. The third kappa shape index (κ3) is 3.04. The summed E-state index contributed by atoms with van der Waals surface area (Å²) in [5.74, 6) is 0.264. The van der Waals surface area contributed by atoms with Crippen molar-refractivity contribution in [1.82, 2.24) is 15.5 Å². The SMILES string of the molecule is Cc1[nH]ncc1C(C)NC(C)C(C)CO. The lowest BCUT2D eigenvalue weighted by Gasteiger charge is -2.23. The second kappa shape index (κ2) is 5.28. The van der Waals surface area contributed by atoms with Crippen molar-refractivity contribution in [2.45, 2.75) is 39.8 Å². The molecule has 0 aliphatic rings. The van der Waals surface area contributed by atoms with Crippen molar-refractivity contribution in [2.24, 2.45) is 5.92 Å². The Morgan fingerprint density at radius 3 is 2.60 bits per heavy atom. The first-order chi connectivity index (χ1) is 7.06. The van der Waals surface area contributed by atoms with Crippen LogP contribution in [0.2, 0.25) is 0 Å². The molecule has 4 nitrogen and oxygen atoms in total. The summed E-state index contributed by atoms with van der Waals surface area (Å²) in [6, 6.07) is 0.548. The predicted molar refractivity (Wildman–Crippen MR) is 60.6 cm³/mol. The molecule has 0 saturated heterocycles. The first-order valence-corrected chi connectivity index (χ1v) is 5.43. The van der Waals surface area contributed by atoms with Gasteiger partial charge in [0.2, 0.25) is 0 Å². The summed E-state index contributed by atoms with van der Waals surface area (Å²) in [5, 5.41) is 19.4. The Bertz CT molecular complexity index is 298. The molecule has 0 aliphatic carbocycles. The molecule has 3 N–H and O–H groups in total. The largest absolute Gasteiger partial charge is 0.396 e. The summed E-state index contributed by atoms with van der Waals surface area (Å²) in [6.07, 6.45) is 1.85. The van der Waals surface area contributed by atoms with E-state index in [1.807, 2.05) is 20.0 Å². The Labute approximate surface area is 91.1 Å². The lowest BCUT2D eigenvalue weighted by molar-refractivity contribution is 0.202. The molecule has 4 heteroatoms. The summed E-state index contributed by atoms with van der Waals surface area (Å²) in [6.45, 7) is 8.46. The van der Waals surface area contributed by atoms with Crippen molar-refractivity contribution in [3.05, 3.63) is 17.5 Å². The third-order valence-corrected chi connectivity index (χ3v) is 2.99. The Balaban J connectivity index is 2.56. The van der Waals surface area contributed by atoms with Gasteiger partial charge in [0.25, 0.3) is 0 Å². The van der Waals surface area contributed by atoms with Crippen LogP contribution in [0.5, 0.6) is 0 Å². The second-order valence-corrected chi connectivity index (χ2v) is 4.29. The van der Waals surface area contributed by atoms with Crippen LogP contribution in [-0.4, -0.2) is 28.0 Å². The summed E-state index contributed by atoms with van der Waals surface area (Å²) in [7, 11) is 0. The van der Waals surface area contributed by atoms with Crippen LogP contribution in [-0.2, 0) is 0 Å². The van der Waals surface area contributed by atoms with E-state index in [2.05, 4.69) is 29.4 Å². The maximum absolute atomic E-state index is 9.04. The van der Waals surface area contributed by atoms with E-state index in [-0.39, 0.29) is 18.6 Å². The van der Waals surface area contributed by atoms with Gasteiger partial charge in [-0.15, -0.1) is 0 Å². The van der Waals surface area contributed by atoms with Crippen molar-refractivity contribution in [1.29, 1.82) is 0 Å². The molecule has 0 saturated carbocycles. The van der Waals surface area contributed by atoms with Gasteiger partial charge in [-0.25, -0.2) is 0 Å². The fourth-order valence-corrected chi connectivity index (χ4v) is 1.60. The number of aromatic amines is 1. The fourth-order valence-electron chi connectivity index (χ4n) is 1.60. The fraction of sp³-hybridized carbons (Fsp3) is 0.727. The van der Waals surface area contributed by atoms with E-state index in [1.54, 1.807) is 0 Å². The lowest BCUT2D eigenvalue weighted by atomic mass is 10.0. The zero-order valence-electron chi connectivity index (χ0n) is 9.91. The number of rotatable bonds is 5. The smallest absolute Gasteiger partial charge is 0.0537 e. The van der Waals surface area contributed by atoms with Crippen LogP contribution in [0.4, 0.5) is 0 Å². The molecule has 3 atom stereocenters. The highest BCUT2D eigenvalue weighted by Crippen LogP contribution is 2.16. The zero-order valence-corrected chi connectivity index (χ0v) is 9.91. The second-order valence-electron chi connectivity index (χ2n) is 4.29. The van der Waals surface area contributed by atoms with Crippen LogP contribution in [0.15, 0.2) is 6.20 Å². The average molecular weight is 211 g/mol. The zero-order chi connectivity index (χ0) is 11.4. The monoisotopic (exact) mass is 211 g/mol. The van der Waals surface area contributed by atoms with Gasteiger partial charge in [-0.05, 0) is 26.7 Å². The van der Waals surface area contributed by atoms with Gasteiger partial charge in [-0.2, -0.15) is 5.10 Å². The molecule has 15 heavy (non-hydrogen) atoms. The molecule has 0 aromatic carbocycles. The van der Waals surface area contributed by atoms with Gasteiger partial charge >= 0.3 is 0 Å². The number of aryl methyl sites for hydroxylation is 1. The molecule has 1 rings (SSSR count). The predicted octanol–water partition coefficient (Wildman–Crippen LogP) is 1.39. The topological polar surface area (TPSA) is 60.9 Å². The molecule has 3 unspecified atom stereocenters. The van der Waals surface area contributed by atoms with Crippen LogP contribution in [0.3, 0.4) is 0 Å². The standard InChI is InChI=1S/C11H21N3O/c1-7(6-15)8(2)13-9(3)11-5-12-14-10(11)4/h5,7-9,13,15H,6H2,1-4H3,(H,12,14). The number of aromatic nitrogens is 2. The first-order valence-electron chi connectivity index (χ1n) is 5.43. The first kappa shape index (κ1) is 12.2. The third-order valence-electron chi connectivity index (χ3n) is 2.99. The number of nitrogens with zero attached hydrogens (tertiary/aromatic N) is 1. The average Bonchev–Trinajstić information content (AvgIpc) is 2.63. The van der Waals surface area contributed by atoms with Crippen molar-refractivity contribution in [3.63, 3.8) is 0 Å². The molecule has 0 aliphatic heterocycles. The number of H-pyrrole nitrogens is 1. The van der Waals surface area contributed by atoms with E-state index in [1.165, 1.54) is 5.56 Å². The van der Waals surface area contributed by atoms with Gasteiger partial charge in [0.1, 0.15) is 0 Å². The molecule has 0 spiro atoms. The molecule has 86 valence electrons.